The molecule has 2 nitrogen and oxygen atoms in total. The molecule has 0 spiro atoms. The molecule has 3 heteroatoms. The van der Waals surface area contributed by atoms with E-state index in [1.54, 1.807) is 0 Å². The summed E-state index contributed by atoms with van der Waals surface area (Å²) in [6.45, 7) is 5.21. The van der Waals surface area contributed by atoms with Gasteiger partial charge in [0.25, 0.3) is 0 Å². The van der Waals surface area contributed by atoms with Crippen LogP contribution in [-0.4, -0.2) is 12.2 Å². The van der Waals surface area contributed by atoms with Crippen molar-refractivity contribution in [1.82, 2.24) is 0 Å². The van der Waals surface area contributed by atoms with Gasteiger partial charge in [-0.3, -0.25) is 0 Å². The Bertz CT molecular complexity index is 442. The van der Waals surface area contributed by atoms with Crippen LogP contribution in [0.15, 0.2) is 22.7 Å². The first-order valence-corrected chi connectivity index (χ1v) is 6.97. The highest BCUT2D eigenvalue weighted by Gasteiger charge is 2.45. The van der Waals surface area contributed by atoms with Gasteiger partial charge >= 0.3 is 0 Å². The summed E-state index contributed by atoms with van der Waals surface area (Å²) in [5, 5.41) is 0. The van der Waals surface area contributed by atoms with Crippen molar-refractivity contribution < 1.29 is 9.47 Å². The maximum absolute atomic E-state index is 6.14. The minimum atomic E-state index is -0.133. The van der Waals surface area contributed by atoms with Crippen molar-refractivity contribution in [3.63, 3.8) is 0 Å². The molecule has 1 fully saturated rings. The Labute approximate surface area is 110 Å². The molecule has 1 saturated heterocycles. The van der Waals surface area contributed by atoms with Crippen LogP contribution in [0, 0.1) is 5.92 Å². The molecule has 0 aromatic heterocycles. The minimum Gasteiger partial charge on any atom is -0.487 e. The van der Waals surface area contributed by atoms with Crippen LogP contribution < -0.4 is 4.74 Å². The van der Waals surface area contributed by atoms with Gasteiger partial charge in [-0.05, 0) is 44.9 Å². The van der Waals surface area contributed by atoms with Gasteiger partial charge in [0, 0.05) is 22.6 Å². The molecule has 0 amide bonds. The van der Waals surface area contributed by atoms with Crippen molar-refractivity contribution in [3.8, 4) is 5.75 Å². The van der Waals surface area contributed by atoms with Crippen molar-refractivity contribution in [2.45, 2.75) is 38.4 Å². The van der Waals surface area contributed by atoms with Gasteiger partial charge in [0.15, 0.2) is 0 Å². The van der Waals surface area contributed by atoms with E-state index in [0.29, 0.717) is 5.92 Å². The fraction of sp³-hybridized carbons (Fsp3) is 0.571. The molecule has 2 heterocycles. The zero-order chi connectivity index (χ0) is 12.0. The quantitative estimate of drug-likeness (QED) is 0.718. The van der Waals surface area contributed by atoms with Gasteiger partial charge < -0.3 is 9.47 Å². The van der Waals surface area contributed by atoms with Gasteiger partial charge in [-0.15, -0.1) is 0 Å². The molecule has 1 aromatic carbocycles. The Morgan fingerprint density at radius 1 is 1.35 bits per heavy atom. The number of halogens is 1. The third kappa shape index (κ3) is 1.89. The first kappa shape index (κ1) is 11.5. The van der Waals surface area contributed by atoms with Gasteiger partial charge in [0.2, 0.25) is 0 Å². The van der Waals surface area contributed by atoms with Crippen LogP contribution in [-0.2, 0) is 4.74 Å². The third-order valence-electron chi connectivity index (χ3n) is 3.87. The lowest BCUT2D eigenvalue weighted by atomic mass is 9.76. The predicted molar refractivity (Wildman–Crippen MR) is 70.3 cm³/mol. The van der Waals surface area contributed by atoms with Crippen LogP contribution in [0.4, 0.5) is 0 Å². The van der Waals surface area contributed by atoms with E-state index in [0.717, 1.165) is 23.2 Å². The van der Waals surface area contributed by atoms with E-state index in [4.69, 9.17) is 9.47 Å². The number of ether oxygens (including phenoxy) is 2. The Balaban J connectivity index is 2.08. The summed E-state index contributed by atoms with van der Waals surface area (Å²) < 4.78 is 13.2. The number of hydrogen-bond donors (Lipinski definition) is 0. The molecule has 17 heavy (non-hydrogen) atoms. The molecule has 2 aliphatic heterocycles. The Morgan fingerprint density at radius 2 is 2.18 bits per heavy atom. The molecule has 0 aliphatic carbocycles. The second-order valence-electron chi connectivity index (χ2n) is 5.43. The topological polar surface area (TPSA) is 18.5 Å². The standard InChI is InChI=1S/C14H17BrO2/c1-14(2)11-4-3-7-16-13(11)10-8-9(15)5-6-12(10)17-14/h5-6,8,11,13H,3-4,7H2,1-2H3/t11-,13+/m1/s1. The van der Waals surface area contributed by atoms with E-state index in [2.05, 4.69) is 35.8 Å². The van der Waals surface area contributed by atoms with Crippen molar-refractivity contribution in [1.29, 1.82) is 0 Å². The molecule has 0 radical (unpaired) electrons. The molecule has 3 rings (SSSR count). The van der Waals surface area contributed by atoms with Gasteiger partial charge in [-0.25, -0.2) is 0 Å². The van der Waals surface area contributed by atoms with Gasteiger partial charge in [0.1, 0.15) is 11.4 Å². The van der Waals surface area contributed by atoms with E-state index in [9.17, 15) is 0 Å². The van der Waals surface area contributed by atoms with Crippen LogP contribution in [0.2, 0.25) is 0 Å². The molecular weight excluding hydrogens is 280 g/mol. The smallest absolute Gasteiger partial charge is 0.126 e. The van der Waals surface area contributed by atoms with Crippen molar-refractivity contribution >= 4 is 15.9 Å². The monoisotopic (exact) mass is 296 g/mol. The molecule has 0 unspecified atom stereocenters. The van der Waals surface area contributed by atoms with E-state index in [1.807, 2.05) is 12.1 Å². The lowest BCUT2D eigenvalue weighted by Crippen LogP contribution is -2.47. The van der Waals surface area contributed by atoms with Crippen molar-refractivity contribution in [2.24, 2.45) is 5.92 Å². The summed E-state index contributed by atoms with van der Waals surface area (Å²) >= 11 is 3.52. The first-order valence-electron chi connectivity index (χ1n) is 6.18. The van der Waals surface area contributed by atoms with Crippen LogP contribution in [0.1, 0.15) is 38.4 Å². The average molecular weight is 297 g/mol. The van der Waals surface area contributed by atoms with Gasteiger partial charge in [-0.1, -0.05) is 15.9 Å². The number of hydrogen-bond acceptors (Lipinski definition) is 2. The lowest BCUT2D eigenvalue weighted by molar-refractivity contribution is -0.116. The Hall–Kier alpha value is -0.540. The summed E-state index contributed by atoms with van der Waals surface area (Å²) in [6, 6.07) is 6.20. The van der Waals surface area contributed by atoms with E-state index < -0.39 is 0 Å². The summed E-state index contributed by atoms with van der Waals surface area (Å²) in [6.07, 6.45) is 2.51. The van der Waals surface area contributed by atoms with Gasteiger partial charge in [-0.2, -0.15) is 0 Å². The summed E-state index contributed by atoms with van der Waals surface area (Å²) in [5.74, 6) is 1.43. The number of rotatable bonds is 0. The second kappa shape index (κ2) is 3.99. The maximum Gasteiger partial charge on any atom is 0.126 e. The molecule has 2 atom stereocenters. The van der Waals surface area contributed by atoms with Crippen LogP contribution in [0.25, 0.3) is 0 Å². The van der Waals surface area contributed by atoms with Crippen LogP contribution >= 0.6 is 15.9 Å². The highest BCUT2D eigenvalue weighted by molar-refractivity contribution is 9.10. The predicted octanol–water partition coefficient (Wildman–Crippen LogP) is 4.09. The zero-order valence-electron chi connectivity index (χ0n) is 10.2. The molecule has 1 aromatic rings. The number of fused-ring (bicyclic) bond motifs is 3. The molecule has 92 valence electrons. The summed E-state index contributed by atoms with van der Waals surface area (Å²) in [5.41, 5.74) is 1.06. The highest BCUT2D eigenvalue weighted by atomic mass is 79.9. The Morgan fingerprint density at radius 3 is 3.00 bits per heavy atom. The van der Waals surface area contributed by atoms with E-state index >= 15 is 0 Å². The number of benzene rings is 1. The fourth-order valence-corrected chi connectivity index (χ4v) is 3.37. The fourth-order valence-electron chi connectivity index (χ4n) is 2.99. The highest BCUT2D eigenvalue weighted by Crippen LogP contribution is 2.49. The maximum atomic E-state index is 6.14. The first-order chi connectivity index (χ1) is 8.08. The third-order valence-corrected chi connectivity index (χ3v) is 4.36. The molecular formula is C14H17BrO2. The van der Waals surface area contributed by atoms with Crippen LogP contribution in [0.5, 0.6) is 5.75 Å². The largest absolute Gasteiger partial charge is 0.487 e. The Kier molecular flexibility index (Phi) is 2.71. The molecule has 0 saturated carbocycles. The summed E-state index contributed by atoms with van der Waals surface area (Å²) in [7, 11) is 0. The molecule has 2 aliphatic rings. The SMILES string of the molecule is CC1(C)Oc2ccc(Br)cc2[C@@H]2OCCC[C@H]21. The average Bonchev–Trinajstić information content (AvgIpc) is 2.30. The van der Waals surface area contributed by atoms with Crippen molar-refractivity contribution in [3.05, 3.63) is 28.2 Å². The second-order valence-corrected chi connectivity index (χ2v) is 6.34. The molecule has 0 N–H and O–H groups in total. The van der Waals surface area contributed by atoms with Crippen molar-refractivity contribution in [2.75, 3.05) is 6.61 Å². The van der Waals surface area contributed by atoms with Crippen LogP contribution in [0.3, 0.4) is 0 Å². The van der Waals surface area contributed by atoms with Gasteiger partial charge in [0.05, 0.1) is 6.10 Å². The van der Waals surface area contributed by atoms with E-state index in [-0.39, 0.29) is 11.7 Å². The summed E-state index contributed by atoms with van der Waals surface area (Å²) in [4.78, 5) is 0. The van der Waals surface area contributed by atoms with E-state index in [1.165, 1.54) is 12.0 Å². The minimum absolute atomic E-state index is 0.133. The molecule has 0 bridgehead atoms. The lowest BCUT2D eigenvalue weighted by Gasteiger charge is -2.47. The zero-order valence-corrected chi connectivity index (χ0v) is 11.8. The normalized spacial score (nSPS) is 30.1.